The third-order valence-electron chi connectivity index (χ3n) is 3.83. The zero-order chi connectivity index (χ0) is 15.1. The predicted octanol–water partition coefficient (Wildman–Crippen LogP) is 2.22. The number of nitrogens with zero attached hydrogens (tertiary/aromatic N) is 1. The second-order valence-corrected chi connectivity index (χ2v) is 5.70. The fourth-order valence-corrected chi connectivity index (χ4v) is 2.57. The van der Waals surface area contributed by atoms with Gasteiger partial charge in [-0.25, -0.2) is 4.39 Å². The number of carbonyl (C=O) groups excluding carboxylic acids is 1. The summed E-state index contributed by atoms with van der Waals surface area (Å²) in [6.07, 6.45) is 2.05. The average Bonchev–Trinajstić information content (AvgIpc) is 2.50. The largest absolute Gasteiger partial charge is 0.355 e. The first-order valence-electron chi connectivity index (χ1n) is 7.56. The van der Waals surface area contributed by atoms with Gasteiger partial charge in [-0.15, -0.1) is 24.8 Å². The summed E-state index contributed by atoms with van der Waals surface area (Å²) in [5.74, 6) is 0.0493. The molecule has 1 saturated heterocycles. The Morgan fingerprint density at radius 1 is 1.35 bits per heavy atom. The fourth-order valence-electron chi connectivity index (χ4n) is 2.57. The molecule has 2 rings (SSSR count). The summed E-state index contributed by atoms with van der Waals surface area (Å²) in [5, 5.41) is 6.25. The lowest BCUT2D eigenvalue weighted by molar-refractivity contribution is -0.125. The van der Waals surface area contributed by atoms with Crippen LogP contribution in [0.3, 0.4) is 0 Å². The number of piperidine rings is 1. The third-order valence-corrected chi connectivity index (χ3v) is 3.83. The molecule has 0 aliphatic carbocycles. The molecular formula is C16H26Cl2FN3O. The molecule has 132 valence electrons. The minimum atomic E-state index is -0.213. The maximum absolute atomic E-state index is 12.8. The number of hydrogen-bond acceptors (Lipinski definition) is 3. The second-order valence-electron chi connectivity index (χ2n) is 5.70. The lowest BCUT2D eigenvalue weighted by atomic mass is 9.99. The van der Waals surface area contributed by atoms with Gasteiger partial charge >= 0.3 is 0 Å². The van der Waals surface area contributed by atoms with E-state index < -0.39 is 0 Å². The van der Waals surface area contributed by atoms with Crippen molar-refractivity contribution in [1.29, 1.82) is 0 Å². The van der Waals surface area contributed by atoms with Crippen LogP contribution in [-0.2, 0) is 11.3 Å². The van der Waals surface area contributed by atoms with Crippen molar-refractivity contribution in [1.82, 2.24) is 15.5 Å². The molecular weight excluding hydrogens is 340 g/mol. The molecule has 0 radical (unpaired) electrons. The highest BCUT2D eigenvalue weighted by atomic mass is 35.5. The number of amides is 1. The highest BCUT2D eigenvalue weighted by molar-refractivity contribution is 5.85. The first-order valence-corrected chi connectivity index (χ1v) is 7.56. The van der Waals surface area contributed by atoms with E-state index in [4.69, 9.17) is 0 Å². The normalized spacial score (nSPS) is 17.1. The van der Waals surface area contributed by atoms with Crippen LogP contribution in [0.2, 0.25) is 0 Å². The molecule has 0 spiro atoms. The Bertz CT molecular complexity index is 453. The molecule has 0 saturated carbocycles. The molecule has 7 heteroatoms. The number of halogens is 3. The zero-order valence-corrected chi connectivity index (χ0v) is 15.0. The van der Waals surface area contributed by atoms with Gasteiger partial charge < -0.3 is 15.5 Å². The van der Waals surface area contributed by atoms with Gasteiger partial charge in [0.2, 0.25) is 5.91 Å². The highest BCUT2D eigenvalue weighted by Crippen LogP contribution is 2.09. The second kappa shape index (κ2) is 11.6. The van der Waals surface area contributed by atoms with Gasteiger partial charge in [0.1, 0.15) is 5.82 Å². The topological polar surface area (TPSA) is 44.4 Å². The van der Waals surface area contributed by atoms with E-state index in [0.717, 1.165) is 44.6 Å². The van der Waals surface area contributed by atoms with E-state index in [9.17, 15) is 9.18 Å². The molecule has 0 aromatic heterocycles. The quantitative estimate of drug-likeness (QED) is 0.812. The molecule has 4 nitrogen and oxygen atoms in total. The lowest BCUT2D eigenvalue weighted by Crippen LogP contribution is -2.42. The Labute approximate surface area is 150 Å². The molecule has 23 heavy (non-hydrogen) atoms. The average molecular weight is 366 g/mol. The van der Waals surface area contributed by atoms with E-state index in [1.807, 2.05) is 7.05 Å². The maximum Gasteiger partial charge on any atom is 0.224 e. The number of rotatable bonds is 6. The Balaban J connectivity index is 0.00000242. The first kappa shape index (κ1) is 22.1. The highest BCUT2D eigenvalue weighted by Gasteiger charge is 2.20. The Hall–Kier alpha value is -0.880. The monoisotopic (exact) mass is 365 g/mol. The third kappa shape index (κ3) is 7.97. The molecule has 1 aliphatic heterocycles. The van der Waals surface area contributed by atoms with Crippen molar-refractivity contribution in [3.63, 3.8) is 0 Å². The number of carbonyl (C=O) groups is 1. The Morgan fingerprint density at radius 2 is 2.04 bits per heavy atom. The molecule has 2 N–H and O–H groups in total. The van der Waals surface area contributed by atoms with Crippen LogP contribution in [0.5, 0.6) is 0 Å². The fraction of sp³-hybridized carbons (Fsp3) is 0.562. The molecule has 1 atom stereocenters. The molecule has 1 aromatic rings. The van der Waals surface area contributed by atoms with Crippen LogP contribution >= 0.6 is 24.8 Å². The molecule has 1 aliphatic rings. The summed E-state index contributed by atoms with van der Waals surface area (Å²) in [6, 6.07) is 6.53. The summed E-state index contributed by atoms with van der Waals surface area (Å²) in [5.41, 5.74) is 1.07. The zero-order valence-electron chi connectivity index (χ0n) is 13.4. The molecule has 1 fully saturated rings. The van der Waals surface area contributed by atoms with Crippen LogP contribution in [0.4, 0.5) is 4.39 Å². The van der Waals surface area contributed by atoms with E-state index in [2.05, 4.69) is 15.5 Å². The molecule has 0 bridgehead atoms. The molecule has 1 aromatic carbocycles. The van der Waals surface area contributed by atoms with E-state index in [1.54, 1.807) is 12.1 Å². The summed E-state index contributed by atoms with van der Waals surface area (Å²) in [6.45, 7) is 3.98. The molecule has 1 amide bonds. The molecule has 1 unspecified atom stereocenters. The minimum Gasteiger partial charge on any atom is -0.355 e. The Kier molecular flexibility index (Phi) is 11.2. The van der Waals surface area contributed by atoms with E-state index in [0.29, 0.717) is 6.54 Å². The van der Waals surface area contributed by atoms with E-state index in [-0.39, 0.29) is 42.5 Å². The van der Waals surface area contributed by atoms with Crippen molar-refractivity contribution >= 4 is 30.7 Å². The lowest BCUT2D eigenvalue weighted by Gasteiger charge is -2.23. The van der Waals surface area contributed by atoms with E-state index in [1.165, 1.54) is 12.1 Å². The SMILES string of the molecule is CN(CCNC(=O)C1CCCNC1)Cc1ccc(F)cc1.Cl.Cl. The number of hydrogen-bond donors (Lipinski definition) is 2. The van der Waals surface area contributed by atoms with E-state index >= 15 is 0 Å². The number of likely N-dealkylation sites (N-methyl/N-ethyl adjacent to an activating group) is 1. The van der Waals surface area contributed by atoms with Crippen molar-refractivity contribution in [3.05, 3.63) is 35.6 Å². The Morgan fingerprint density at radius 3 is 2.65 bits per heavy atom. The van der Waals surface area contributed by atoms with Crippen LogP contribution in [0.25, 0.3) is 0 Å². The van der Waals surface area contributed by atoms with Gasteiger partial charge in [-0.1, -0.05) is 12.1 Å². The summed E-state index contributed by atoms with van der Waals surface area (Å²) >= 11 is 0. The van der Waals surface area contributed by atoms with Crippen LogP contribution in [0.15, 0.2) is 24.3 Å². The number of benzene rings is 1. The van der Waals surface area contributed by atoms with Crippen molar-refractivity contribution in [2.75, 3.05) is 33.2 Å². The summed E-state index contributed by atoms with van der Waals surface area (Å²) in [7, 11) is 2.00. The smallest absolute Gasteiger partial charge is 0.224 e. The van der Waals surface area contributed by atoms with Gasteiger partial charge in [0, 0.05) is 26.2 Å². The molecule has 1 heterocycles. The van der Waals surface area contributed by atoms with Crippen molar-refractivity contribution in [3.8, 4) is 0 Å². The van der Waals surface area contributed by atoms with Crippen LogP contribution in [0, 0.1) is 11.7 Å². The van der Waals surface area contributed by atoms with Gasteiger partial charge in [-0.3, -0.25) is 4.79 Å². The summed E-state index contributed by atoms with van der Waals surface area (Å²) in [4.78, 5) is 14.1. The maximum atomic E-state index is 12.8. The number of nitrogens with one attached hydrogen (secondary N) is 2. The van der Waals surface area contributed by atoms with Crippen LogP contribution in [0.1, 0.15) is 18.4 Å². The van der Waals surface area contributed by atoms with Crippen LogP contribution < -0.4 is 10.6 Å². The van der Waals surface area contributed by atoms with Crippen molar-refractivity contribution in [2.24, 2.45) is 5.92 Å². The van der Waals surface area contributed by atoms with Gasteiger partial charge in [-0.2, -0.15) is 0 Å². The summed E-state index contributed by atoms with van der Waals surface area (Å²) < 4.78 is 12.8. The van der Waals surface area contributed by atoms with Crippen molar-refractivity contribution < 1.29 is 9.18 Å². The van der Waals surface area contributed by atoms with Gasteiger partial charge in [0.25, 0.3) is 0 Å². The van der Waals surface area contributed by atoms with Crippen molar-refractivity contribution in [2.45, 2.75) is 19.4 Å². The standard InChI is InChI=1S/C16H24FN3O.2ClH/c1-20(12-13-4-6-15(17)7-5-13)10-9-19-16(21)14-3-2-8-18-11-14;;/h4-7,14,18H,2-3,8-12H2,1H3,(H,19,21);2*1H. The van der Waals surface area contributed by atoms with Crippen LogP contribution in [-0.4, -0.2) is 44.0 Å². The van der Waals surface area contributed by atoms with Gasteiger partial charge in [0.15, 0.2) is 0 Å². The van der Waals surface area contributed by atoms with Gasteiger partial charge in [0.05, 0.1) is 5.92 Å². The predicted molar refractivity (Wildman–Crippen MR) is 95.8 cm³/mol. The van der Waals surface area contributed by atoms with Gasteiger partial charge in [-0.05, 0) is 44.1 Å². The first-order chi connectivity index (χ1) is 10.1. The minimum absolute atomic E-state index is 0.